The molecule has 2 N–H and O–H groups in total. The van der Waals surface area contributed by atoms with E-state index in [1.807, 2.05) is 6.92 Å². The summed E-state index contributed by atoms with van der Waals surface area (Å²) in [5.41, 5.74) is 5.52. The van der Waals surface area contributed by atoms with Crippen LogP contribution in [0.1, 0.15) is 34.5 Å². The molecular formula is C9H18N2O. The highest BCUT2D eigenvalue weighted by atomic mass is 16.2. The third kappa shape index (κ3) is 1.78. The third-order valence-electron chi connectivity index (χ3n) is 2.33. The molecule has 0 aromatic heterocycles. The zero-order valence-electron chi connectivity index (χ0n) is 8.79. The van der Waals surface area contributed by atoms with Crippen LogP contribution in [-0.2, 0) is 4.79 Å². The molecule has 1 aliphatic rings. The van der Waals surface area contributed by atoms with Crippen molar-refractivity contribution in [3.63, 3.8) is 0 Å². The van der Waals surface area contributed by atoms with Gasteiger partial charge in [0.15, 0.2) is 0 Å². The predicted molar refractivity (Wildman–Crippen MR) is 48.7 cm³/mol. The van der Waals surface area contributed by atoms with Crippen molar-refractivity contribution in [1.29, 1.82) is 0 Å². The molecule has 1 fully saturated rings. The van der Waals surface area contributed by atoms with Gasteiger partial charge in [-0.25, -0.2) is 0 Å². The highest BCUT2D eigenvalue weighted by Gasteiger charge is 2.28. The Bertz CT molecular complexity index is 196. The SMILES string of the molecule is [3H][C@@H]1CC[C@H](CC)N1C(=O)[C@H](C)N. The molecule has 0 radical (unpaired) electrons. The van der Waals surface area contributed by atoms with Crippen LogP contribution in [0.15, 0.2) is 0 Å². The zero-order valence-corrected chi connectivity index (χ0v) is 7.79. The summed E-state index contributed by atoms with van der Waals surface area (Å²) in [5.74, 6) is -0.0793. The number of nitrogens with two attached hydrogens (primary N) is 1. The van der Waals surface area contributed by atoms with Crippen LogP contribution in [-0.4, -0.2) is 29.4 Å². The second-order valence-corrected chi connectivity index (χ2v) is 3.36. The summed E-state index contributed by atoms with van der Waals surface area (Å²) >= 11 is 0. The van der Waals surface area contributed by atoms with Gasteiger partial charge in [0, 0.05) is 13.9 Å². The van der Waals surface area contributed by atoms with E-state index in [0.717, 1.165) is 19.3 Å². The second kappa shape index (κ2) is 3.90. The number of hydrogen-bond acceptors (Lipinski definition) is 2. The Morgan fingerprint density at radius 3 is 3.08 bits per heavy atom. The Morgan fingerprint density at radius 2 is 2.58 bits per heavy atom. The van der Waals surface area contributed by atoms with Gasteiger partial charge in [0.1, 0.15) is 0 Å². The molecule has 0 spiro atoms. The van der Waals surface area contributed by atoms with Crippen LogP contribution < -0.4 is 5.73 Å². The summed E-state index contributed by atoms with van der Waals surface area (Å²) < 4.78 is 7.70. The molecule has 0 unspecified atom stereocenters. The molecule has 0 aromatic rings. The Hall–Kier alpha value is -0.570. The minimum Gasteiger partial charge on any atom is -0.338 e. The van der Waals surface area contributed by atoms with E-state index >= 15 is 0 Å². The van der Waals surface area contributed by atoms with E-state index in [2.05, 4.69) is 0 Å². The minimum atomic E-state index is -0.472. The maximum absolute atomic E-state index is 11.6. The molecule has 3 heteroatoms. The molecule has 3 atom stereocenters. The first kappa shape index (κ1) is 8.05. The van der Waals surface area contributed by atoms with Crippen molar-refractivity contribution in [1.82, 2.24) is 4.90 Å². The maximum Gasteiger partial charge on any atom is 0.239 e. The first-order valence-electron chi connectivity index (χ1n) is 5.15. The highest BCUT2D eigenvalue weighted by Crippen LogP contribution is 2.20. The molecule has 0 saturated carbocycles. The van der Waals surface area contributed by atoms with Crippen molar-refractivity contribution in [2.75, 3.05) is 6.52 Å². The van der Waals surface area contributed by atoms with E-state index in [9.17, 15) is 4.79 Å². The second-order valence-electron chi connectivity index (χ2n) is 3.36. The van der Waals surface area contributed by atoms with E-state index in [0.29, 0.717) is 0 Å². The van der Waals surface area contributed by atoms with E-state index in [-0.39, 0.29) is 18.5 Å². The summed E-state index contributed by atoms with van der Waals surface area (Å²) in [5, 5.41) is 0. The average Bonchev–Trinajstić information content (AvgIpc) is 2.45. The molecular weight excluding hydrogens is 152 g/mol. The predicted octanol–water partition coefficient (Wildman–Crippen LogP) is 0.735. The average molecular weight is 172 g/mol. The fourth-order valence-electron chi connectivity index (χ4n) is 1.60. The van der Waals surface area contributed by atoms with Crippen LogP contribution in [0.25, 0.3) is 0 Å². The third-order valence-corrected chi connectivity index (χ3v) is 2.33. The van der Waals surface area contributed by atoms with Gasteiger partial charge in [0.25, 0.3) is 0 Å². The number of nitrogens with zero attached hydrogens (tertiary/aromatic N) is 1. The molecule has 12 heavy (non-hydrogen) atoms. The van der Waals surface area contributed by atoms with Crippen molar-refractivity contribution in [2.45, 2.75) is 45.2 Å². The van der Waals surface area contributed by atoms with Crippen LogP contribution in [0, 0.1) is 0 Å². The fourth-order valence-corrected chi connectivity index (χ4v) is 1.60. The number of rotatable bonds is 2. The van der Waals surface area contributed by atoms with Gasteiger partial charge < -0.3 is 10.6 Å². The van der Waals surface area contributed by atoms with Gasteiger partial charge in [-0.05, 0) is 26.2 Å². The molecule has 70 valence electrons. The Labute approximate surface area is 75.3 Å². The smallest absolute Gasteiger partial charge is 0.239 e. The summed E-state index contributed by atoms with van der Waals surface area (Å²) in [4.78, 5) is 13.2. The van der Waals surface area contributed by atoms with Crippen LogP contribution in [0.2, 0.25) is 0 Å². The van der Waals surface area contributed by atoms with Crippen LogP contribution in [0.3, 0.4) is 0 Å². The molecule has 1 rings (SSSR count). The van der Waals surface area contributed by atoms with E-state index in [1.165, 1.54) is 0 Å². The van der Waals surface area contributed by atoms with E-state index < -0.39 is 6.04 Å². The summed E-state index contributed by atoms with van der Waals surface area (Å²) in [6, 6.07) is -0.235. The van der Waals surface area contributed by atoms with Crippen LogP contribution in [0.4, 0.5) is 0 Å². The molecule has 1 aliphatic heterocycles. The van der Waals surface area contributed by atoms with Crippen LogP contribution in [0.5, 0.6) is 0 Å². The largest absolute Gasteiger partial charge is 0.338 e. The molecule has 3 nitrogen and oxygen atoms in total. The van der Waals surface area contributed by atoms with Crippen molar-refractivity contribution in [3.8, 4) is 0 Å². The minimum absolute atomic E-state index is 0.0793. The van der Waals surface area contributed by atoms with Crippen LogP contribution >= 0.6 is 0 Å². The molecule has 1 saturated heterocycles. The first-order valence-corrected chi connectivity index (χ1v) is 4.58. The Kier molecular flexibility index (Phi) is 2.61. The monoisotopic (exact) mass is 172 g/mol. The number of hydrogen-bond donors (Lipinski definition) is 1. The standard InChI is InChI=1S/C9H18N2O/c1-3-8-5-4-6-11(8)9(12)7(2)10/h7-8H,3-6,10H2,1-2H3/t7-,8-/m0/s1/i6T/t6-,7+,8+/m1. The van der Waals surface area contributed by atoms with E-state index in [1.54, 1.807) is 11.8 Å². The van der Waals surface area contributed by atoms with Crippen molar-refractivity contribution >= 4 is 5.91 Å². The van der Waals surface area contributed by atoms with Gasteiger partial charge in [0.2, 0.25) is 5.91 Å². The van der Waals surface area contributed by atoms with Gasteiger partial charge in [-0.1, -0.05) is 6.92 Å². The lowest BCUT2D eigenvalue weighted by molar-refractivity contribution is -0.133. The van der Waals surface area contributed by atoms with Crippen molar-refractivity contribution in [2.24, 2.45) is 5.73 Å². The quantitative estimate of drug-likeness (QED) is 0.667. The van der Waals surface area contributed by atoms with Gasteiger partial charge in [0.05, 0.1) is 6.04 Å². The van der Waals surface area contributed by atoms with Crippen molar-refractivity contribution < 1.29 is 6.17 Å². The topological polar surface area (TPSA) is 46.3 Å². The van der Waals surface area contributed by atoms with E-state index in [4.69, 9.17) is 7.10 Å². The first-order chi connectivity index (χ1) is 6.07. The highest BCUT2D eigenvalue weighted by molar-refractivity contribution is 5.81. The maximum atomic E-state index is 11.6. The zero-order chi connectivity index (χ0) is 10.0. The normalized spacial score (nSPS) is 33.2. The summed E-state index contributed by atoms with van der Waals surface area (Å²) in [6.07, 6.45) is 2.66. The Morgan fingerprint density at radius 1 is 1.92 bits per heavy atom. The molecule has 1 heterocycles. The van der Waals surface area contributed by atoms with Gasteiger partial charge in [-0.15, -0.1) is 0 Å². The lowest BCUT2D eigenvalue weighted by Gasteiger charge is -2.25. The Balaban J connectivity index is 2.69. The number of carbonyl (C=O) groups excluding carboxylic acids is 1. The summed E-state index contributed by atoms with van der Waals surface area (Å²) in [7, 11) is 0. The van der Waals surface area contributed by atoms with Crippen molar-refractivity contribution in [3.05, 3.63) is 0 Å². The molecule has 0 bridgehead atoms. The molecule has 0 aliphatic carbocycles. The van der Waals surface area contributed by atoms with Gasteiger partial charge in [-0.3, -0.25) is 4.79 Å². The lowest BCUT2D eigenvalue weighted by Crippen LogP contribution is -2.44. The summed E-state index contributed by atoms with van der Waals surface area (Å²) in [6.45, 7) is 3.35. The number of carbonyl (C=O) groups is 1. The number of likely N-dealkylation sites (tertiary alicyclic amines) is 1. The fraction of sp³-hybridized carbons (Fsp3) is 0.889. The van der Waals surface area contributed by atoms with Gasteiger partial charge >= 0.3 is 0 Å². The number of amides is 1. The lowest BCUT2D eigenvalue weighted by atomic mass is 10.1. The molecule has 1 amide bonds. The van der Waals surface area contributed by atoms with Gasteiger partial charge in [-0.2, -0.15) is 0 Å². The molecule has 0 aromatic carbocycles.